The van der Waals surface area contributed by atoms with Crippen LogP contribution in [0.5, 0.6) is 11.5 Å². The van der Waals surface area contributed by atoms with E-state index in [9.17, 15) is 9.90 Å². The van der Waals surface area contributed by atoms with Gasteiger partial charge in [-0.2, -0.15) is 0 Å². The molecule has 2 rings (SSSR count). The second-order valence-electron chi connectivity index (χ2n) is 4.64. The van der Waals surface area contributed by atoms with Gasteiger partial charge in [0.05, 0.1) is 7.11 Å². The number of hydrogen-bond donors (Lipinski definition) is 1. The van der Waals surface area contributed by atoms with Gasteiger partial charge in [-0.05, 0) is 49.9 Å². The summed E-state index contributed by atoms with van der Waals surface area (Å²) in [5.41, 5.74) is -1.05. The number of ether oxygens (including phenoxy) is 2. The fraction of sp³-hybridized carbons (Fsp3) is 0.500. The van der Waals surface area contributed by atoms with Gasteiger partial charge in [0.2, 0.25) is 5.60 Å². The number of rotatable bonds is 4. The molecule has 4 heteroatoms. The third kappa shape index (κ3) is 2.58. The van der Waals surface area contributed by atoms with Crippen LogP contribution in [0.3, 0.4) is 0 Å². The van der Waals surface area contributed by atoms with Crippen LogP contribution in [0.25, 0.3) is 0 Å². The van der Waals surface area contributed by atoms with Gasteiger partial charge in [0.25, 0.3) is 0 Å². The molecule has 0 atom stereocenters. The Hall–Kier alpha value is -1.71. The topological polar surface area (TPSA) is 55.8 Å². The maximum atomic E-state index is 11.5. The minimum atomic E-state index is -1.05. The highest BCUT2D eigenvalue weighted by atomic mass is 16.5. The average Bonchev–Trinajstić information content (AvgIpc) is 2.40. The lowest BCUT2D eigenvalue weighted by molar-refractivity contribution is -0.158. The van der Waals surface area contributed by atoms with Crippen molar-refractivity contribution in [2.75, 3.05) is 7.11 Å². The van der Waals surface area contributed by atoms with E-state index in [4.69, 9.17) is 9.47 Å². The first-order chi connectivity index (χ1) is 8.66. The lowest BCUT2D eigenvalue weighted by Crippen LogP contribution is -2.46. The van der Waals surface area contributed by atoms with Crippen molar-refractivity contribution in [3.63, 3.8) is 0 Å². The molecule has 18 heavy (non-hydrogen) atoms. The van der Waals surface area contributed by atoms with E-state index in [1.54, 1.807) is 31.4 Å². The fourth-order valence-electron chi connectivity index (χ4n) is 2.35. The molecule has 0 aliphatic heterocycles. The number of benzene rings is 1. The van der Waals surface area contributed by atoms with Crippen molar-refractivity contribution in [3.8, 4) is 11.5 Å². The summed E-state index contributed by atoms with van der Waals surface area (Å²) in [5, 5.41) is 9.40. The maximum absolute atomic E-state index is 11.5. The zero-order valence-electron chi connectivity index (χ0n) is 10.5. The Bertz CT molecular complexity index is 404. The molecule has 98 valence electrons. The van der Waals surface area contributed by atoms with Gasteiger partial charge in [0, 0.05) is 0 Å². The number of methoxy groups -OCH3 is 1. The highest BCUT2D eigenvalue weighted by Gasteiger charge is 2.42. The van der Waals surface area contributed by atoms with Crippen LogP contribution in [0.15, 0.2) is 24.3 Å². The Morgan fingerprint density at radius 2 is 1.67 bits per heavy atom. The molecule has 4 nitrogen and oxygen atoms in total. The van der Waals surface area contributed by atoms with Crippen LogP contribution in [-0.4, -0.2) is 23.8 Å². The van der Waals surface area contributed by atoms with Crippen LogP contribution >= 0.6 is 0 Å². The molecule has 1 aliphatic rings. The number of aliphatic carboxylic acids is 1. The molecular weight excluding hydrogens is 232 g/mol. The zero-order chi connectivity index (χ0) is 13.0. The van der Waals surface area contributed by atoms with E-state index >= 15 is 0 Å². The lowest BCUT2D eigenvalue weighted by atomic mass is 9.84. The standard InChI is InChI=1S/C14H18O4/c1-17-11-5-7-12(8-6-11)18-14(13(15)16)9-3-2-4-10-14/h5-8H,2-4,9-10H2,1H3,(H,15,16). The van der Waals surface area contributed by atoms with Crippen molar-refractivity contribution < 1.29 is 19.4 Å². The molecule has 0 heterocycles. The molecule has 0 aromatic heterocycles. The second kappa shape index (κ2) is 5.29. The van der Waals surface area contributed by atoms with Crippen molar-refractivity contribution in [2.24, 2.45) is 0 Å². The second-order valence-corrected chi connectivity index (χ2v) is 4.64. The molecule has 1 N–H and O–H groups in total. The van der Waals surface area contributed by atoms with Crippen LogP contribution in [-0.2, 0) is 4.79 Å². The van der Waals surface area contributed by atoms with E-state index in [0.29, 0.717) is 18.6 Å². The first-order valence-electron chi connectivity index (χ1n) is 6.23. The summed E-state index contributed by atoms with van der Waals surface area (Å²) >= 11 is 0. The van der Waals surface area contributed by atoms with Crippen molar-refractivity contribution in [1.29, 1.82) is 0 Å². The van der Waals surface area contributed by atoms with E-state index in [1.165, 1.54) is 0 Å². The van der Waals surface area contributed by atoms with Gasteiger partial charge < -0.3 is 14.6 Å². The number of carboxylic acid groups (broad SMARTS) is 1. The summed E-state index contributed by atoms with van der Waals surface area (Å²) in [6.07, 6.45) is 4.05. The molecule has 1 fully saturated rings. The molecule has 0 unspecified atom stereocenters. The van der Waals surface area contributed by atoms with E-state index in [0.717, 1.165) is 25.0 Å². The third-order valence-electron chi connectivity index (χ3n) is 3.42. The van der Waals surface area contributed by atoms with Gasteiger partial charge in [-0.3, -0.25) is 0 Å². The largest absolute Gasteiger partial charge is 0.497 e. The van der Waals surface area contributed by atoms with Gasteiger partial charge in [-0.1, -0.05) is 6.42 Å². The van der Waals surface area contributed by atoms with E-state index in [1.807, 2.05) is 0 Å². The van der Waals surface area contributed by atoms with Crippen molar-refractivity contribution >= 4 is 5.97 Å². The van der Waals surface area contributed by atoms with Crippen LogP contribution in [0, 0.1) is 0 Å². The summed E-state index contributed by atoms with van der Waals surface area (Å²) < 4.78 is 10.8. The molecule has 0 saturated heterocycles. The van der Waals surface area contributed by atoms with E-state index in [-0.39, 0.29) is 0 Å². The lowest BCUT2D eigenvalue weighted by Gasteiger charge is -2.33. The summed E-state index contributed by atoms with van der Waals surface area (Å²) in [6.45, 7) is 0. The molecule has 1 aromatic carbocycles. The molecule has 0 radical (unpaired) electrons. The monoisotopic (exact) mass is 250 g/mol. The van der Waals surface area contributed by atoms with Gasteiger partial charge in [0.15, 0.2) is 0 Å². The number of hydrogen-bond acceptors (Lipinski definition) is 3. The fourth-order valence-corrected chi connectivity index (χ4v) is 2.35. The highest BCUT2D eigenvalue weighted by Crippen LogP contribution is 2.33. The first kappa shape index (κ1) is 12.7. The van der Waals surface area contributed by atoms with E-state index in [2.05, 4.69) is 0 Å². The molecule has 0 spiro atoms. The smallest absolute Gasteiger partial charge is 0.348 e. The summed E-state index contributed by atoms with van der Waals surface area (Å²) in [4.78, 5) is 11.5. The highest BCUT2D eigenvalue weighted by molar-refractivity contribution is 5.78. The Labute approximate surface area is 107 Å². The Morgan fingerprint density at radius 1 is 1.11 bits per heavy atom. The van der Waals surface area contributed by atoms with Crippen molar-refractivity contribution in [3.05, 3.63) is 24.3 Å². The molecule has 0 amide bonds. The van der Waals surface area contributed by atoms with Crippen LogP contribution in [0.4, 0.5) is 0 Å². The minimum Gasteiger partial charge on any atom is -0.497 e. The Balaban J connectivity index is 2.15. The maximum Gasteiger partial charge on any atom is 0.348 e. The predicted octanol–water partition coefficient (Wildman–Crippen LogP) is 2.86. The molecule has 1 aromatic rings. The van der Waals surface area contributed by atoms with Gasteiger partial charge in [-0.15, -0.1) is 0 Å². The van der Waals surface area contributed by atoms with Gasteiger partial charge >= 0.3 is 5.97 Å². The van der Waals surface area contributed by atoms with Crippen LogP contribution in [0.1, 0.15) is 32.1 Å². The third-order valence-corrected chi connectivity index (χ3v) is 3.42. The Kier molecular flexibility index (Phi) is 3.75. The Morgan fingerprint density at radius 3 is 2.17 bits per heavy atom. The molecule has 0 bridgehead atoms. The average molecular weight is 250 g/mol. The first-order valence-corrected chi connectivity index (χ1v) is 6.23. The predicted molar refractivity (Wildman–Crippen MR) is 67.1 cm³/mol. The quantitative estimate of drug-likeness (QED) is 0.892. The zero-order valence-corrected chi connectivity index (χ0v) is 10.5. The summed E-state index contributed by atoms with van der Waals surface area (Å²) in [7, 11) is 1.59. The number of carbonyl (C=O) groups is 1. The van der Waals surface area contributed by atoms with Crippen LogP contribution < -0.4 is 9.47 Å². The summed E-state index contributed by atoms with van der Waals surface area (Å²) in [5.74, 6) is 0.452. The van der Waals surface area contributed by atoms with Crippen LogP contribution in [0.2, 0.25) is 0 Å². The SMILES string of the molecule is COc1ccc(OC2(C(=O)O)CCCCC2)cc1. The summed E-state index contributed by atoms with van der Waals surface area (Å²) in [6, 6.07) is 7.04. The number of carboxylic acids is 1. The molecular formula is C14H18O4. The van der Waals surface area contributed by atoms with E-state index < -0.39 is 11.6 Å². The van der Waals surface area contributed by atoms with Crippen molar-refractivity contribution in [2.45, 2.75) is 37.7 Å². The molecule has 1 aliphatic carbocycles. The van der Waals surface area contributed by atoms with Crippen molar-refractivity contribution in [1.82, 2.24) is 0 Å². The van der Waals surface area contributed by atoms with Gasteiger partial charge in [0.1, 0.15) is 11.5 Å². The van der Waals surface area contributed by atoms with Gasteiger partial charge in [-0.25, -0.2) is 4.79 Å². The normalized spacial score (nSPS) is 18.1. The minimum absolute atomic E-state index is 0.578. The molecule has 1 saturated carbocycles.